The third-order valence-corrected chi connectivity index (χ3v) is 2.41. The molecule has 0 rings (SSSR count). The summed E-state index contributed by atoms with van der Waals surface area (Å²) in [4.78, 5) is 10.5. The smallest absolute Gasteiger partial charge is 0.431 e. The van der Waals surface area contributed by atoms with Crippen LogP contribution in [-0.4, -0.2) is 41.9 Å². The highest BCUT2D eigenvalue weighted by atomic mass is 19.4. The number of rotatable bonds is 4. The topological polar surface area (TPSA) is 26.3 Å². The molecule has 0 fully saturated rings. The van der Waals surface area contributed by atoms with E-state index in [1.165, 1.54) is 0 Å². The Morgan fingerprint density at radius 2 is 1.00 bits per heavy atom. The molecular formula is C9H3F13O2. The van der Waals surface area contributed by atoms with Crippen LogP contribution in [0.25, 0.3) is 0 Å². The Bertz CT molecular complexity index is 481. The molecule has 0 aromatic heterocycles. The number of hydrogen-bond acceptors (Lipinski definition) is 2. The average Bonchev–Trinajstić information content (AvgIpc) is 2.30. The highest BCUT2D eigenvalue weighted by molar-refractivity contribution is 5.81. The Kier molecular flexibility index (Phi) is 5.28. The van der Waals surface area contributed by atoms with Gasteiger partial charge in [-0.2, -0.15) is 57.1 Å². The number of carbonyl (C=O) groups excluding carboxylic acids is 1. The predicted molar refractivity (Wildman–Crippen MR) is 47.1 cm³/mol. The number of ether oxygens (including phenoxy) is 1. The van der Waals surface area contributed by atoms with Crippen molar-refractivity contribution < 1.29 is 66.6 Å². The number of esters is 1. The highest BCUT2D eigenvalue weighted by Gasteiger charge is 2.95. The van der Waals surface area contributed by atoms with Crippen LogP contribution in [0.1, 0.15) is 0 Å². The first-order valence-electron chi connectivity index (χ1n) is 5.02. The van der Waals surface area contributed by atoms with E-state index in [2.05, 4.69) is 11.3 Å². The summed E-state index contributed by atoms with van der Waals surface area (Å²) in [5.74, 6) is -18.8. The molecule has 0 unspecified atom stereocenters. The second kappa shape index (κ2) is 5.68. The normalized spacial score (nSPS) is 15.2. The third kappa shape index (κ3) is 2.99. The standard InChI is InChI=1S/C9H3F13O2/c1-2-3(23)24-4(7(14,15)16,8(17,18)19)5(10,11)6(12,13)9(20,21)22/h2H,1H2. The van der Waals surface area contributed by atoms with Gasteiger partial charge in [-0.3, -0.25) is 0 Å². The van der Waals surface area contributed by atoms with E-state index in [1.807, 2.05) is 0 Å². The summed E-state index contributed by atoms with van der Waals surface area (Å²) in [6.45, 7) is 2.24. The second-order valence-electron chi connectivity index (χ2n) is 3.95. The minimum absolute atomic E-state index is 0.575. The van der Waals surface area contributed by atoms with Crippen LogP contribution in [0.5, 0.6) is 0 Å². The lowest BCUT2D eigenvalue weighted by Crippen LogP contribution is -2.76. The molecule has 0 N–H and O–H groups in total. The number of hydrogen-bond donors (Lipinski definition) is 0. The lowest BCUT2D eigenvalue weighted by atomic mass is 9.88. The van der Waals surface area contributed by atoms with E-state index in [1.54, 1.807) is 0 Å². The van der Waals surface area contributed by atoms with Gasteiger partial charge in [-0.05, 0) is 0 Å². The lowest BCUT2D eigenvalue weighted by Gasteiger charge is -2.43. The number of halogens is 13. The van der Waals surface area contributed by atoms with E-state index in [0.29, 0.717) is 0 Å². The van der Waals surface area contributed by atoms with Crippen molar-refractivity contribution in [1.29, 1.82) is 0 Å². The molecule has 0 aliphatic rings. The van der Waals surface area contributed by atoms with Crippen molar-refractivity contribution in [2.24, 2.45) is 0 Å². The molecule has 0 aliphatic carbocycles. The molecule has 0 radical (unpaired) electrons. The van der Waals surface area contributed by atoms with Crippen LogP contribution in [0.3, 0.4) is 0 Å². The van der Waals surface area contributed by atoms with Gasteiger partial charge >= 0.3 is 41.9 Å². The highest BCUT2D eigenvalue weighted by Crippen LogP contribution is 2.61. The van der Waals surface area contributed by atoms with E-state index in [-0.39, 0.29) is 0 Å². The molecule has 0 bridgehead atoms. The first-order valence-corrected chi connectivity index (χ1v) is 5.02. The van der Waals surface area contributed by atoms with Crippen molar-refractivity contribution in [3.05, 3.63) is 12.7 Å². The van der Waals surface area contributed by atoms with Gasteiger partial charge in [-0.1, -0.05) is 6.58 Å². The molecule has 0 aliphatic heterocycles. The van der Waals surface area contributed by atoms with Crippen molar-refractivity contribution in [3.8, 4) is 0 Å². The molecule has 0 amide bonds. The molecule has 15 heteroatoms. The summed E-state index contributed by atoms with van der Waals surface area (Å²) < 4.78 is 166. The summed E-state index contributed by atoms with van der Waals surface area (Å²) in [6, 6.07) is 0. The first kappa shape index (κ1) is 22.3. The zero-order valence-electron chi connectivity index (χ0n) is 10.5. The maximum Gasteiger partial charge on any atom is 0.460 e. The summed E-state index contributed by atoms with van der Waals surface area (Å²) in [6.07, 6.45) is -23.3. The van der Waals surface area contributed by atoms with Crippen molar-refractivity contribution >= 4 is 5.97 Å². The van der Waals surface area contributed by atoms with Gasteiger partial charge in [0.25, 0.3) is 0 Å². The van der Waals surface area contributed by atoms with E-state index < -0.39 is 48.0 Å². The van der Waals surface area contributed by atoms with Crippen LogP contribution >= 0.6 is 0 Å². The molecule has 0 saturated carbocycles. The molecular weight excluding hydrogens is 387 g/mol. The van der Waals surface area contributed by atoms with E-state index in [0.717, 1.165) is 0 Å². The number of alkyl halides is 13. The van der Waals surface area contributed by atoms with Crippen molar-refractivity contribution in [1.82, 2.24) is 0 Å². The maximum atomic E-state index is 13.3. The van der Waals surface area contributed by atoms with Crippen LogP contribution in [0, 0.1) is 0 Å². The SMILES string of the molecule is C=CC(=O)OC(C(F)(F)F)(C(F)(F)F)C(F)(F)C(F)(F)C(F)(F)F. The molecule has 142 valence electrons. The van der Waals surface area contributed by atoms with Crippen LogP contribution in [0.4, 0.5) is 57.1 Å². The van der Waals surface area contributed by atoms with Gasteiger partial charge in [0.05, 0.1) is 0 Å². The number of carbonyl (C=O) groups is 1. The van der Waals surface area contributed by atoms with Crippen LogP contribution in [0.15, 0.2) is 12.7 Å². The Morgan fingerprint density at radius 3 is 1.21 bits per heavy atom. The summed E-state index contributed by atoms with van der Waals surface area (Å²) in [7, 11) is 0. The van der Waals surface area contributed by atoms with Gasteiger partial charge in [0.1, 0.15) is 0 Å². The van der Waals surface area contributed by atoms with Crippen LogP contribution < -0.4 is 0 Å². The van der Waals surface area contributed by atoms with Gasteiger partial charge in [0.15, 0.2) is 0 Å². The van der Waals surface area contributed by atoms with Gasteiger partial charge in [0, 0.05) is 6.08 Å². The van der Waals surface area contributed by atoms with Gasteiger partial charge in [-0.25, -0.2) is 4.79 Å². The lowest BCUT2D eigenvalue weighted by molar-refractivity contribution is -0.472. The fraction of sp³-hybridized carbons (Fsp3) is 0.667. The fourth-order valence-corrected chi connectivity index (χ4v) is 1.29. The Balaban J connectivity index is 6.94. The Hall–Kier alpha value is -1.70. The zero-order valence-corrected chi connectivity index (χ0v) is 10.5. The largest absolute Gasteiger partial charge is 0.460 e. The molecule has 2 nitrogen and oxygen atoms in total. The van der Waals surface area contributed by atoms with Crippen LogP contribution in [0.2, 0.25) is 0 Å². The maximum absolute atomic E-state index is 13.3. The molecule has 0 aromatic carbocycles. The predicted octanol–water partition coefficient (Wildman–Crippen LogP) is 4.41. The molecule has 0 aromatic rings. The first-order chi connectivity index (χ1) is 10.2. The third-order valence-electron chi connectivity index (χ3n) is 2.41. The van der Waals surface area contributed by atoms with E-state index in [4.69, 9.17) is 0 Å². The quantitative estimate of drug-likeness (QED) is 0.404. The van der Waals surface area contributed by atoms with E-state index in [9.17, 15) is 61.9 Å². The summed E-state index contributed by atoms with van der Waals surface area (Å²) in [5, 5.41) is 0. The monoisotopic (exact) mass is 390 g/mol. The fourth-order valence-electron chi connectivity index (χ4n) is 1.29. The molecule has 0 saturated heterocycles. The van der Waals surface area contributed by atoms with Gasteiger partial charge in [-0.15, -0.1) is 0 Å². The van der Waals surface area contributed by atoms with Gasteiger partial charge in [0.2, 0.25) is 0 Å². The molecule has 24 heavy (non-hydrogen) atoms. The van der Waals surface area contributed by atoms with Crippen molar-refractivity contribution in [3.63, 3.8) is 0 Å². The van der Waals surface area contributed by atoms with Crippen molar-refractivity contribution in [2.75, 3.05) is 0 Å². The minimum atomic E-state index is -8.01. The van der Waals surface area contributed by atoms with Gasteiger partial charge < -0.3 is 4.74 Å². The Morgan fingerprint density at radius 1 is 0.667 bits per heavy atom. The zero-order chi connectivity index (χ0) is 20.0. The average molecular weight is 390 g/mol. The van der Waals surface area contributed by atoms with E-state index >= 15 is 0 Å². The minimum Gasteiger partial charge on any atom is -0.431 e. The summed E-state index contributed by atoms with van der Waals surface area (Å²) >= 11 is 0. The second-order valence-corrected chi connectivity index (χ2v) is 3.95. The molecule has 0 spiro atoms. The molecule has 0 atom stereocenters. The summed E-state index contributed by atoms with van der Waals surface area (Å²) in [5.41, 5.74) is -7.49. The Labute approximate surface area is 122 Å². The van der Waals surface area contributed by atoms with Crippen LogP contribution in [-0.2, 0) is 9.53 Å². The molecule has 0 heterocycles. The van der Waals surface area contributed by atoms with Crippen molar-refractivity contribution in [2.45, 2.75) is 36.0 Å².